The van der Waals surface area contributed by atoms with Gasteiger partial charge in [-0.3, -0.25) is 62.7 Å². The van der Waals surface area contributed by atoms with Crippen molar-refractivity contribution in [3.63, 3.8) is 0 Å². The number of aromatic nitrogens is 1. The number of aliphatic imine (C=N–C) groups is 2. The lowest BCUT2D eigenvalue weighted by molar-refractivity contribution is -0.143. The predicted octanol–water partition coefficient (Wildman–Crippen LogP) is -5.84. The summed E-state index contributed by atoms with van der Waals surface area (Å²) in [6.07, 6.45) is 2.08. The molecule has 2 aromatic carbocycles. The highest BCUT2D eigenvalue weighted by Crippen LogP contribution is 2.23. The van der Waals surface area contributed by atoms with Crippen LogP contribution in [0.25, 0.3) is 10.9 Å². The van der Waals surface area contributed by atoms with Gasteiger partial charge in [0.15, 0.2) is 11.9 Å². The number of rotatable bonds is 33. The fourth-order valence-corrected chi connectivity index (χ4v) is 10.0. The summed E-state index contributed by atoms with van der Waals surface area (Å²) >= 11 is 0. The van der Waals surface area contributed by atoms with E-state index in [-0.39, 0.29) is 102 Å². The molecule has 11 amide bonds. The largest absolute Gasteiger partial charge is 0.394 e. The van der Waals surface area contributed by atoms with Crippen LogP contribution in [0.3, 0.4) is 0 Å². The van der Waals surface area contributed by atoms with E-state index in [0.717, 1.165) is 0 Å². The second kappa shape index (κ2) is 33.2. The summed E-state index contributed by atoms with van der Waals surface area (Å²) in [5, 5.41) is 29.1. The van der Waals surface area contributed by atoms with Crippen molar-refractivity contribution in [3.05, 3.63) is 71.9 Å². The summed E-state index contributed by atoms with van der Waals surface area (Å²) in [6.45, 7) is 0.180. The van der Waals surface area contributed by atoms with Crippen molar-refractivity contribution in [2.24, 2.45) is 50.1 Å². The molecule has 23 N–H and O–H groups in total. The third-order valence-corrected chi connectivity index (χ3v) is 14.4. The van der Waals surface area contributed by atoms with Crippen molar-refractivity contribution in [3.8, 4) is 0 Å². The Morgan fingerprint density at radius 2 is 1.13 bits per heavy atom. The first-order valence-electron chi connectivity index (χ1n) is 28.3. The van der Waals surface area contributed by atoms with Gasteiger partial charge in [-0.05, 0) is 81.9 Å². The number of nitrogens with two attached hydrogens (primary N) is 7. The number of aromatic amines is 1. The molecule has 0 aliphatic carbocycles. The number of primary amides is 2. The molecule has 86 heavy (non-hydrogen) atoms. The van der Waals surface area contributed by atoms with Crippen LogP contribution in [0.1, 0.15) is 82.3 Å². The Morgan fingerprint density at radius 1 is 0.605 bits per heavy atom. The van der Waals surface area contributed by atoms with Crippen molar-refractivity contribution in [1.82, 2.24) is 52.0 Å². The summed E-state index contributed by atoms with van der Waals surface area (Å²) in [4.78, 5) is 163. The smallest absolute Gasteiger partial charge is 0.245 e. The number of hydrogen-bond donors (Lipinski definition) is 16. The number of H-pyrrole nitrogens is 1. The van der Waals surface area contributed by atoms with Gasteiger partial charge >= 0.3 is 0 Å². The van der Waals surface area contributed by atoms with E-state index >= 15 is 0 Å². The number of guanidine groups is 2. The minimum atomic E-state index is -1.60. The van der Waals surface area contributed by atoms with Crippen LogP contribution in [0.2, 0.25) is 0 Å². The van der Waals surface area contributed by atoms with E-state index in [1.54, 1.807) is 60.8 Å². The molecule has 0 saturated carbocycles. The average molecular weight is 1200 g/mol. The number of hydrogen-bond acceptors (Lipinski definition) is 15. The lowest BCUT2D eigenvalue weighted by atomic mass is 10.0. The second-order valence-electron chi connectivity index (χ2n) is 21.1. The molecule has 0 spiro atoms. The molecule has 31 heteroatoms. The standard InChI is InChI=1S/C55H81N19O12/c1-30(56)52(85)73-23-9-17-41(73)51(84)72-40(29-75)49(82)71-39(26-32-27-65-34-14-6-5-13-33(32)34)48(81)69-37(16-8-22-64-55(61)62)53(86)74-24-10-18-42(74)50(83)68-36(19-20-43(57)76)46(79)66-28-44(77)67-35(15-7-21-63-54(59)60)47(80)70-38(45(58)78)25-31-11-3-2-4-12-31/h2-6,11-14,27,30,35-42,65,75H,7-10,15-26,28-29,56H2,1H3,(H2,57,76)(H2,58,78)(H,66,79)(H,67,77)(H,68,83)(H,69,81)(H,70,80)(H,71,82)(H,72,84)(H4,59,60,63)(H4,61,62,64)/t30-,35-,36-,37-,38-,39-,40-,41-,42-/m0/s1. The molecule has 3 heterocycles. The average Bonchev–Trinajstić information content (AvgIpc) is 2.32. The summed E-state index contributed by atoms with van der Waals surface area (Å²) in [6, 6.07) is 4.36. The summed E-state index contributed by atoms with van der Waals surface area (Å²) in [7, 11) is 0. The molecule has 2 aliphatic rings. The fourth-order valence-electron chi connectivity index (χ4n) is 10.0. The third-order valence-electron chi connectivity index (χ3n) is 14.4. The molecule has 2 fully saturated rings. The third kappa shape index (κ3) is 20.4. The van der Waals surface area contributed by atoms with E-state index in [1.807, 2.05) is 0 Å². The van der Waals surface area contributed by atoms with Crippen molar-refractivity contribution >= 4 is 87.8 Å². The minimum absolute atomic E-state index is 0.00422. The van der Waals surface area contributed by atoms with Crippen LogP contribution in [-0.2, 0) is 65.6 Å². The number of carbonyl (C=O) groups is 11. The van der Waals surface area contributed by atoms with E-state index in [1.165, 1.54) is 16.7 Å². The number of aliphatic hydroxyl groups excluding tert-OH is 1. The zero-order valence-electron chi connectivity index (χ0n) is 48.0. The SMILES string of the molecule is C[C@H](N)C(=O)N1CCC[C@H]1C(=O)N[C@@H](CO)C(=O)N[C@@H](Cc1c[nH]c2ccccc12)C(=O)N[C@@H](CCCN=C(N)N)C(=O)N1CCC[C@H]1C(=O)N[C@@H](CCC(N)=O)C(=O)NCC(=O)N[C@@H](CCCN=C(N)N)C(=O)N[C@@H](Cc1ccccc1)C(N)=O. The van der Waals surface area contributed by atoms with Gasteiger partial charge in [-0.15, -0.1) is 0 Å². The Morgan fingerprint density at radius 3 is 1.71 bits per heavy atom. The quantitative estimate of drug-likeness (QED) is 0.0153. The number of likely N-dealkylation sites (tertiary alicyclic amines) is 2. The molecule has 0 unspecified atom stereocenters. The summed E-state index contributed by atoms with van der Waals surface area (Å²) in [5.41, 5.74) is 40.9. The Kier molecular flexibility index (Phi) is 26.0. The van der Waals surface area contributed by atoms with Crippen LogP contribution in [0.15, 0.2) is 70.8 Å². The highest BCUT2D eigenvalue weighted by molar-refractivity contribution is 5.99. The van der Waals surface area contributed by atoms with Crippen molar-refractivity contribution in [1.29, 1.82) is 0 Å². The Labute approximate surface area is 495 Å². The number of benzene rings is 2. The van der Waals surface area contributed by atoms with Gasteiger partial charge in [0.1, 0.15) is 48.3 Å². The maximum atomic E-state index is 14.8. The molecule has 5 rings (SSSR count). The van der Waals surface area contributed by atoms with E-state index in [4.69, 9.17) is 40.1 Å². The number of nitrogens with one attached hydrogen (secondary N) is 8. The first-order valence-corrected chi connectivity index (χ1v) is 28.3. The van der Waals surface area contributed by atoms with Crippen LogP contribution >= 0.6 is 0 Å². The van der Waals surface area contributed by atoms with Gasteiger partial charge in [-0.1, -0.05) is 48.5 Å². The normalized spacial score (nSPS) is 17.0. The summed E-state index contributed by atoms with van der Waals surface area (Å²) < 4.78 is 0. The van der Waals surface area contributed by atoms with Crippen molar-refractivity contribution < 1.29 is 57.8 Å². The molecule has 0 radical (unpaired) electrons. The monoisotopic (exact) mass is 1200 g/mol. The highest BCUT2D eigenvalue weighted by atomic mass is 16.3. The Bertz CT molecular complexity index is 2950. The van der Waals surface area contributed by atoms with Crippen molar-refractivity contribution in [2.45, 2.75) is 138 Å². The maximum Gasteiger partial charge on any atom is 0.245 e. The van der Waals surface area contributed by atoms with E-state index in [0.29, 0.717) is 28.5 Å². The minimum Gasteiger partial charge on any atom is -0.394 e. The van der Waals surface area contributed by atoms with Gasteiger partial charge in [-0.2, -0.15) is 0 Å². The number of amides is 11. The zero-order chi connectivity index (χ0) is 63.0. The number of carbonyl (C=O) groups excluding carboxylic acids is 11. The lowest BCUT2D eigenvalue weighted by Gasteiger charge is -2.31. The van der Waals surface area contributed by atoms with Gasteiger partial charge in [0.25, 0.3) is 0 Å². The van der Waals surface area contributed by atoms with Gasteiger partial charge in [0.05, 0.1) is 19.2 Å². The molecular formula is C55H81N19O12. The van der Waals surface area contributed by atoms with Crippen LogP contribution in [0.5, 0.6) is 0 Å². The molecule has 3 aromatic rings. The summed E-state index contributed by atoms with van der Waals surface area (Å²) in [5.74, 6) is -9.31. The van der Waals surface area contributed by atoms with Gasteiger partial charge < -0.3 is 97.2 Å². The van der Waals surface area contributed by atoms with E-state index in [2.05, 4.69) is 52.2 Å². The molecule has 31 nitrogen and oxygen atoms in total. The molecule has 1 aromatic heterocycles. The van der Waals surface area contributed by atoms with Crippen LogP contribution < -0.4 is 77.4 Å². The first kappa shape index (κ1) is 67.4. The number of aliphatic hydroxyl groups is 1. The number of nitrogens with zero attached hydrogens (tertiary/aromatic N) is 4. The molecular weight excluding hydrogens is 1120 g/mol. The zero-order valence-corrected chi connectivity index (χ0v) is 48.0. The van der Waals surface area contributed by atoms with Gasteiger partial charge in [0, 0.05) is 62.5 Å². The van der Waals surface area contributed by atoms with Crippen molar-refractivity contribution in [2.75, 3.05) is 39.3 Å². The van der Waals surface area contributed by atoms with E-state index < -0.39 is 139 Å². The van der Waals surface area contributed by atoms with Crippen LogP contribution in [0.4, 0.5) is 0 Å². The second-order valence-corrected chi connectivity index (χ2v) is 21.1. The van der Waals surface area contributed by atoms with Crippen LogP contribution in [0, 0.1) is 0 Å². The Hall–Kier alpha value is -9.39. The first-order chi connectivity index (χ1) is 41.0. The molecule has 2 saturated heterocycles. The maximum absolute atomic E-state index is 14.8. The number of fused-ring (bicyclic) bond motifs is 1. The van der Waals surface area contributed by atoms with Crippen LogP contribution in [-0.4, -0.2) is 190 Å². The molecule has 468 valence electrons. The fraction of sp³-hybridized carbons (Fsp3) is 0.509. The predicted molar refractivity (Wildman–Crippen MR) is 314 cm³/mol. The molecule has 2 aliphatic heterocycles. The molecule has 0 bridgehead atoms. The highest BCUT2D eigenvalue weighted by Gasteiger charge is 2.41. The van der Waals surface area contributed by atoms with Gasteiger partial charge in [0.2, 0.25) is 65.0 Å². The molecule has 9 atom stereocenters. The lowest BCUT2D eigenvalue weighted by Crippen LogP contribution is -2.60. The van der Waals surface area contributed by atoms with Gasteiger partial charge in [-0.25, -0.2) is 0 Å². The Balaban J connectivity index is 1.32. The topological polar surface area (TPSA) is 521 Å². The van der Waals surface area contributed by atoms with E-state index in [9.17, 15) is 57.8 Å². The number of para-hydroxylation sites is 1.